The zero-order valence-corrected chi connectivity index (χ0v) is 11.5. The van der Waals surface area contributed by atoms with Crippen molar-refractivity contribution in [1.82, 2.24) is 15.0 Å². The largest absolute Gasteiger partial charge is 0.264 e. The van der Waals surface area contributed by atoms with Crippen molar-refractivity contribution >= 4 is 11.6 Å². The second kappa shape index (κ2) is 5.80. The molecule has 3 heterocycles. The van der Waals surface area contributed by atoms with Crippen molar-refractivity contribution in [2.75, 3.05) is 0 Å². The molecule has 0 aliphatic heterocycles. The van der Waals surface area contributed by atoms with E-state index in [9.17, 15) is 0 Å². The first-order chi connectivity index (χ1) is 9.88. The first kappa shape index (κ1) is 12.8. The fourth-order valence-corrected chi connectivity index (χ4v) is 2.24. The number of pyridine rings is 3. The van der Waals surface area contributed by atoms with E-state index in [0.717, 1.165) is 28.1 Å². The molecule has 3 aromatic rings. The molecule has 0 aliphatic carbocycles. The van der Waals surface area contributed by atoms with Crippen LogP contribution >= 0.6 is 11.6 Å². The molecule has 20 heavy (non-hydrogen) atoms. The van der Waals surface area contributed by atoms with Gasteiger partial charge in [-0.05, 0) is 35.9 Å². The van der Waals surface area contributed by atoms with Crippen LogP contribution in [-0.2, 0) is 5.88 Å². The Hall–Kier alpha value is -2.26. The topological polar surface area (TPSA) is 38.7 Å². The molecule has 0 amide bonds. The summed E-state index contributed by atoms with van der Waals surface area (Å²) in [7, 11) is 0. The van der Waals surface area contributed by atoms with E-state index in [4.69, 9.17) is 16.6 Å². The maximum Gasteiger partial charge on any atom is 0.0769 e. The molecule has 0 bridgehead atoms. The predicted molar refractivity (Wildman–Crippen MR) is 80.3 cm³/mol. The monoisotopic (exact) mass is 281 g/mol. The van der Waals surface area contributed by atoms with E-state index in [1.165, 1.54) is 0 Å². The minimum Gasteiger partial charge on any atom is -0.264 e. The third-order valence-corrected chi connectivity index (χ3v) is 3.30. The number of hydrogen-bond donors (Lipinski definition) is 0. The highest BCUT2D eigenvalue weighted by atomic mass is 35.5. The summed E-state index contributed by atoms with van der Waals surface area (Å²) in [5.74, 6) is 0.421. The normalized spacial score (nSPS) is 10.4. The molecule has 98 valence electrons. The van der Waals surface area contributed by atoms with Gasteiger partial charge >= 0.3 is 0 Å². The average Bonchev–Trinajstić information content (AvgIpc) is 2.56. The Morgan fingerprint density at radius 2 is 1.55 bits per heavy atom. The second-order valence-corrected chi connectivity index (χ2v) is 4.59. The summed E-state index contributed by atoms with van der Waals surface area (Å²) in [6.45, 7) is 0. The molecule has 0 fully saturated rings. The van der Waals surface area contributed by atoms with Crippen LogP contribution in [0.3, 0.4) is 0 Å². The highest BCUT2D eigenvalue weighted by Crippen LogP contribution is 2.26. The Labute approximate surface area is 122 Å². The SMILES string of the molecule is ClCc1ccc(-c2cccnc2)nc1-c1cccnc1. The van der Waals surface area contributed by atoms with Crippen LogP contribution in [0.25, 0.3) is 22.5 Å². The van der Waals surface area contributed by atoms with Crippen LogP contribution in [0.1, 0.15) is 5.56 Å². The molecule has 3 nitrogen and oxygen atoms in total. The Balaban J connectivity index is 2.13. The first-order valence-electron chi connectivity index (χ1n) is 6.25. The third-order valence-electron chi connectivity index (χ3n) is 3.02. The highest BCUT2D eigenvalue weighted by Gasteiger charge is 2.09. The Morgan fingerprint density at radius 1 is 0.850 bits per heavy atom. The smallest absolute Gasteiger partial charge is 0.0769 e. The molecule has 0 saturated heterocycles. The number of alkyl halides is 1. The van der Waals surface area contributed by atoms with Crippen molar-refractivity contribution in [2.24, 2.45) is 0 Å². The Kier molecular flexibility index (Phi) is 3.70. The fraction of sp³-hybridized carbons (Fsp3) is 0.0625. The van der Waals surface area contributed by atoms with Crippen molar-refractivity contribution in [3.8, 4) is 22.5 Å². The number of hydrogen-bond acceptors (Lipinski definition) is 3. The van der Waals surface area contributed by atoms with Gasteiger partial charge in [0.15, 0.2) is 0 Å². The molecule has 0 N–H and O–H groups in total. The maximum atomic E-state index is 6.01. The number of rotatable bonds is 3. The quantitative estimate of drug-likeness (QED) is 0.683. The van der Waals surface area contributed by atoms with Crippen LogP contribution in [0.4, 0.5) is 0 Å². The molecular weight excluding hydrogens is 270 g/mol. The van der Waals surface area contributed by atoms with Gasteiger partial charge in [0.2, 0.25) is 0 Å². The Bertz CT molecular complexity index is 699. The molecule has 0 unspecified atom stereocenters. The molecule has 0 atom stereocenters. The summed E-state index contributed by atoms with van der Waals surface area (Å²) < 4.78 is 0. The summed E-state index contributed by atoms with van der Waals surface area (Å²) in [5.41, 5.74) is 4.69. The zero-order chi connectivity index (χ0) is 13.8. The van der Waals surface area contributed by atoms with E-state index >= 15 is 0 Å². The summed E-state index contributed by atoms with van der Waals surface area (Å²) in [4.78, 5) is 13.0. The lowest BCUT2D eigenvalue weighted by atomic mass is 10.1. The molecule has 0 spiro atoms. The van der Waals surface area contributed by atoms with Gasteiger partial charge in [0, 0.05) is 41.8 Å². The van der Waals surface area contributed by atoms with E-state index in [-0.39, 0.29) is 0 Å². The van der Waals surface area contributed by atoms with Crippen LogP contribution in [-0.4, -0.2) is 15.0 Å². The van der Waals surface area contributed by atoms with E-state index in [2.05, 4.69) is 9.97 Å². The van der Waals surface area contributed by atoms with Crippen LogP contribution < -0.4 is 0 Å². The van der Waals surface area contributed by atoms with Gasteiger partial charge < -0.3 is 0 Å². The van der Waals surface area contributed by atoms with Gasteiger partial charge in [-0.25, -0.2) is 4.98 Å². The van der Waals surface area contributed by atoms with Gasteiger partial charge in [0.1, 0.15) is 0 Å². The van der Waals surface area contributed by atoms with Crippen LogP contribution in [0, 0.1) is 0 Å². The third kappa shape index (κ3) is 2.53. The number of nitrogens with zero attached hydrogens (tertiary/aromatic N) is 3. The number of aromatic nitrogens is 3. The van der Waals surface area contributed by atoms with Crippen LogP contribution in [0.5, 0.6) is 0 Å². The van der Waals surface area contributed by atoms with Crippen molar-refractivity contribution in [3.05, 3.63) is 66.7 Å². The van der Waals surface area contributed by atoms with Gasteiger partial charge in [-0.3, -0.25) is 9.97 Å². The zero-order valence-electron chi connectivity index (χ0n) is 10.7. The van der Waals surface area contributed by atoms with Crippen LogP contribution in [0.15, 0.2) is 61.2 Å². The molecule has 0 radical (unpaired) electrons. The maximum absolute atomic E-state index is 6.01. The van der Waals surface area contributed by atoms with E-state index in [0.29, 0.717) is 5.88 Å². The summed E-state index contributed by atoms with van der Waals surface area (Å²) >= 11 is 6.01. The van der Waals surface area contributed by atoms with Gasteiger partial charge in [-0.1, -0.05) is 6.07 Å². The van der Waals surface area contributed by atoms with Crippen molar-refractivity contribution < 1.29 is 0 Å². The Morgan fingerprint density at radius 3 is 2.15 bits per heavy atom. The minimum absolute atomic E-state index is 0.421. The van der Waals surface area contributed by atoms with E-state index in [1.807, 2.05) is 36.4 Å². The molecule has 4 heteroatoms. The van der Waals surface area contributed by atoms with Gasteiger partial charge in [0.25, 0.3) is 0 Å². The van der Waals surface area contributed by atoms with Gasteiger partial charge in [-0.2, -0.15) is 0 Å². The van der Waals surface area contributed by atoms with E-state index in [1.54, 1.807) is 24.8 Å². The first-order valence-corrected chi connectivity index (χ1v) is 6.78. The second-order valence-electron chi connectivity index (χ2n) is 4.32. The lowest BCUT2D eigenvalue weighted by Crippen LogP contribution is -1.94. The summed E-state index contributed by atoms with van der Waals surface area (Å²) in [5, 5.41) is 0. The molecule has 3 rings (SSSR count). The van der Waals surface area contributed by atoms with Crippen molar-refractivity contribution in [3.63, 3.8) is 0 Å². The van der Waals surface area contributed by atoms with Gasteiger partial charge in [-0.15, -0.1) is 11.6 Å². The summed E-state index contributed by atoms with van der Waals surface area (Å²) in [6.07, 6.45) is 7.09. The molecule has 3 aromatic heterocycles. The van der Waals surface area contributed by atoms with Crippen LogP contribution in [0.2, 0.25) is 0 Å². The molecular formula is C16H12ClN3. The van der Waals surface area contributed by atoms with Crippen molar-refractivity contribution in [2.45, 2.75) is 5.88 Å². The average molecular weight is 282 g/mol. The predicted octanol–water partition coefficient (Wildman–Crippen LogP) is 3.94. The lowest BCUT2D eigenvalue weighted by molar-refractivity contribution is 1.22. The molecule has 0 aliphatic rings. The molecule has 0 aromatic carbocycles. The van der Waals surface area contributed by atoms with Gasteiger partial charge in [0.05, 0.1) is 11.4 Å². The summed E-state index contributed by atoms with van der Waals surface area (Å²) in [6, 6.07) is 11.7. The molecule has 0 saturated carbocycles. The minimum atomic E-state index is 0.421. The lowest BCUT2D eigenvalue weighted by Gasteiger charge is -2.09. The number of halogens is 1. The van der Waals surface area contributed by atoms with Crippen molar-refractivity contribution in [1.29, 1.82) is 0 Å². The fourth-order valence-electron chi connectivity index (χ4n) is 2.02. The standard InChI is InChI=1S/C16H12ClN3/c17-9-12-5-6-15(13-3-1-7-18-10-13)20-16(12)14-4-2-8-19-11-14/h1-8,10-11H,9H2. The van der Waals surface area contributed by atoms with E-state index < -0.39 is 0 Å². The highest BCUT2D eigenvalue weighted by molar-refractivity contribution is 6.17.